The Balaban J connectivity index is 1.75. The molecule has 0 saturated heterocycles. The van der Waals surface area contributed by atoms with E-state index in [1.165, 1.54) is 26.0 Å². The monoisotopic (exact) mass is 279 g/mol. The van der Waals surface area contributed by atoms with E-state index in [0.29, 0.717) is 30.6 Å². The number of benzene rings is 1. The van der Waals surface area contributed by atoms with E-state index in [-0.39, 0.29) is 11.7 Å². The van der Waals surface area contributed by atoms with Gasteiger partial charge in [-0.2, -0.15) is 0 Å². The Hall–Kier alpha value is -1.75. The lowest BCUT2D eigenvalue weighted by molar-refractivity contribution is 0.0582. The van der Waals surface area contributed by atoms with E-state index in [2.05, 4.69) is 5.32 Å². The summed E-state index contributed by atoms with van der Waals surface area (Å²) in [7, 11) is 1.47. The zero-order valence-electron chi connectivity index (χ0n) is 11.7. The van der Waals surface area contributed by atoms with Gasteiger partial charge >= 0.3 is 0 Å². The molecule has 110 valence electrons. The third-order valence-corrected chi connectivity index (χ3v) is 3.48. The first-order valence-corrected chi connectivity index (χ1v) is 6.97. The molecule has 0 unspecified atom stereocenters. The van der Waals surface area contributed by atoms with Crippen LogP contribution in [0.5, 0.6) is 11.5 Å². The number of aromatic hydroxyl groups is 1. The van der Waals surface area contributed by atoms with Crippen molar-refractivity contribution in [3.05, 3.63) is 23.8 Å². The Kier molecular flexibility index (Phi) is 5.24. The van der Waals surface area contributed by atoms with E-state index in [1.54, 1.807) is 12.1 Å². The van der Waals surface area contributed by atoms with Crippen LogP contribution in [0.15, 0.2) is 18.2 Å². The molecular weight excluding hydrogens is 258 g/mol. The normalized spacial score (nSPS) is 15.2. The molecule has 0 aromatic heterocycles. The van der Waals surface area contributed by atoms with E-state index in [9.17, 15) is 9.90 Å². The molecular formula is C15H21NO4. The lowest BCUT2D eigenvalue weighted by Crippen LogP contribution is -2.28. The maximum absolute atomic E-state index is 11.9. The number of rotatable bonds is 6. The molecule has 0 aliphatic heterocycles. The molecule has 0 spiro atoms. The first-order valence-electron chi connectivity index (χ1n) is 6.97. The standard InChI is InChI=1S/C15H21NO4/c1-19-14-7-6-11(10-13(14)17)15(18)16-8-9-20-12-4-2-3-5-12/h6-7,10,12,17H,2-5,8-9H2,1H3,(H,16,18). The van der Waals surface area contributed by atoms with Gasteiger partial charge in [0.2, 0.25) is 0 Å². The Bertz CT molecular complexity index is 455. The highest BCUT2D eigenvalue weighted by atomic mass is 16.5. The number of methoxy groups -OCH3 is 1. The fourth-order valence-corrected chi connectivity index (χ4v) is 2.38. The van der Waals surface area contributed by atoms with Crippen LogP contribution in [-0.4, -0.2) is 37.4 Å². The Morgan fingerprint density at radius 3 is 2.80 bits per heavy atom. The van der Waals surface area contributed by atoms with Crippen molar-refractivity contribution >= 4 is 5.91 Å². The van der Waals surface area contributed by atoms with E-state index in [0.717, 1.165) is 12.8 Å². The number of nitrogens with one attached hydrogen (secondary N) is 1. The molecule has 5 nitrogen and oxygen atoms in total. The summed E-state index contributed by atoms with van der Waals surface area (Å²) in [6, 6.07) is 4.58. The van der Waals surface area contributed by atoms with Crippen molar-refractivity contribution in [3.8, 4) is 11.5 Å². The van der Waals surface area contributed by atoms with Gasteiger partial charge in [-0.05, 0) is 31.0 Å². The fraction of sp³-hybridized carbons (Fsp3) is 0.533. The molecule has 1 fully saturated rings. The summed E-state index contributed by atoms with van der Waals surface area (Å²) in [6.07, 6.45) is 5.09. The number of hydrogen-bond acceptors (Lipinski definition) is 4. The number of carbonyl (C=O) groups is 1. The smallest absolute Gasteiger partial charge is 0.251 e. The Labute approximate surface area is 118 Å². The molecule has 0 radical (unpaired) electrons. The molecule has 1 saturated carbocycles. The lowest BCUT2D eigenvalue weighted by Gasteiger charge is -2.11. The van der Waals surface area contributed by atoms with Gasteiger partial charge < -0.3 is 19.9 Å². The van der Waals surface area contributed by atoms with Gasteiger partial charge in [0.15, 0.2) is 11.5 Å². The fourth-order valence-electron chi connectivity index (χ4n) is 2.38. The van der Waals surface area contributed by atoms with Gasteiger partial charge in [0.05, 0.1) is 19.8 Å². The third kappa shape index (κ3) is 3.87. The zero-order valence-corrected chi connectivity index (χ0v) is 11.7. The molecule has 1 aliphatic rings. The minimum atomic E-state index is -0.224. The molecule has 0 atom stereocenters. The second-order valence-electron chi connectivity index (χ2n) is 4.92. The largest absolute Gasteiger partial charge is 0.504 e. The molecule has 5 heteroatoms. The van der Waals surface area contributed by atoms with E-state index in [4.69, 9.17) is 9.47 Å². The van der Waals surface area contributed by atoms with Crippen molar-refractivity contribution in [1.29, 1.82) is 0 Å². The highest BCUT2D eigenvalue weighted by molar-refractivity contribution is 5.94. The lowest BCUT2D eigenvalue weighted by atomic mass is 10.2. The average molecular weight is 279 g/mol. The summed E-state index contributed by atoms with van der Waals surface area (Å²) >= 11 is 0. The second kappa shape index (κ2) is 7.14. The van der Waals surface area contributed by atoms with Gasteiger partial charge in [-0.25, -0.2) is 0 Å². The number of phenols is 1. The number of hydrogen-bond donors (Lipinski definition) is 2. The van der Waals surface area contributed by atoms with Crippen LogP contribution in [-0.2, 0) is 4.74 Å². The summed E-state index contributed by atoms with van der Waals surface area (Å²) < 4.78 is 10.6. The van der Waals surface area contributed by atoms with E-state index < -0.39 is 0 Å². The quantitative estimate of drug-likeness (QED) is 0.782. The molecule has 2 N–H and O–H groups in total. The van der Waals surface area contributed by atoms with Gasteiger partial charge in [0.1, 0.15) is 0 Å². The zero-order chi connectivity index (χ0) is 14.4. The molecule has 1 aliphatic carbocycles. The van der Waals surface area contributed by atoms with Crippen molar-refractivity contribution < 1.29 is 19.4 Å². The van der Waals surface area contributed by atoms with Gasteiger partial charge in [-0.1, -0.05) is 12.8 Å². The van der Waals surface area contributed by atoms with Crippen LogP contribution in [0.2, 0.25) is 0 Å². The van der Waals surface area contributed by atoms with Gasteiger partial charge in [0.25, 0.3) is 5.91 Å². The molecule has 2 rings (SSSR count). The second-order valence-corrected chi connectivity index (χ2v) is 4.92. The summed E-state index contributed by atoms with van der Waals surface area (Å²) in [5.41, 5.74) is 0.407. The molecule has 1 aromatic rings. The van der Waals surface area contributed by atoms with Crippen LogP contribution in [0.1, 0.15) is 36.0 Å². The minimum absolute atomic E-state index is 0.0395. The minimum Gasteiger partial charge on any atom is -0.504 e. The SMILES string of the molecule is COc1ccc(C(=O)NCCOC2CCCC2)cc1O. The molecule has 0 heterocycles. The molecule has 1 amide bonds. The number of ether oxygens (including phenoxy) is 2. The highest BCUT2D eigenvalue weighted by Crippen LogP contribution is 2.26. The Morgan fingerprint density at radius 1 is 1.40 bits per heavy atom. The highest BCUT2D eigenvalue weighted by Gasteiger charge is 2.15. The van der Waals surface area contributed by atoms with Gasteiger partial charge in [0, 0.05) is 12.1 Å². The first-order chi connectivity index (χ1) is 9.70. The average Bonchev–Trinajstić information content (AvgIpc) is 2.96. The van der Waals surface area contributed by atoms with Crippen molar-refractivity contribution in [2.75, 3.05) is 20.3 Å². The van der Waals surface area contributed by atoms with Crippen LogP contribution in [0.3, 0.4) is 0 Å². The summed E-state index contributed by atoms with van der Waals surface area (Å²) in [5.74, 6) is 0.0893. The van der Waals surface area contributed by atoms with Gasteiger partial charge in [-0.15, -0.1) is 0 Å². The van der Waals surface area contributed by atoms with Crippen LogP contribution in [0, 0.1) is 0 Å². The first kappa shape index (κ1) is 14.7. The topological polar surface area (TPSA) is 67.8 Å². The van der Waals surface area contributed by atoms with Crippen LogP contribution in [0.4, 0.5) is 0 Å². The van der Waals surface area contributed by atoms with Crippen molar-refractivity contribution in [3.63, 3.8) is 0 Å². The number of amides is 1. The van der Waals surface area contributed by atoms with Gasteiger partial charge in [-0.3, -0.25) is 4.79 Å². The maximum Gasteiger partial charge on any atom is 0.251 e. The van der Waals surface area contributed by atoms with Crippen LogP contribution >= 0.6 is 0 Å². The van der Waals surface area contributed by atoms with Crippen LogP contribution < -0.4 is 10.1 Å². The maximum atomic E-state index is 11.9. The summed E-state index contributed by atoms with van der Waals surface area (Å²) in [4.78, 5) is 11.9. The molecule has 1 aromatic carbocycles. The molecule has 0 bridgehead atoms. The van der Waals surface area contributed by atoms with E-state index >= 15 is 0 Å². The summed E-state index contributed by atoms with van der Waals surface area (Å²) in [5, 5.41) is 12.4. The number of carbonyl (C=O) groups excluding carboxylic acids is 1. The molecule has 20 heavy (non-hydrogen) atoms. The van der Waals surface area contributed by atoms with Crippen molar-refractivity contribution in [2.24, 2.45) is 0 Å². The van der Waals surface area contributed by atoms with E-state index in [1.807, 2.05) is 0 Å². The predicted octanol–water partition coefficient (Wildman–Crippen LogP) is 2.09. The van der Waals surface area contributed by atoms with Crippen molar-refractivity contribution in [2.45, 2.75) is 31.8 Å². The third-order valence-electron chi connectivity index (χ3n) is 3.48. The Morgan fingerprint density at radius 2 is 2.15 bits per heavy atom. The predicted molar refractivity (Wildman–Crippen MR) is 75.2 cm³/mol. The summed E-state index contributed by atoms with van der Waals surface area (Å²) in [6.45, 7) is 1.00. The van der Waals surface area contributed by atoms with Crippen LogP contribution in [0.25, 0.3) is 0 Å². The van der Waals surface area contributed by atoms with Crippen molar-refractivity contribution in [1.82, 2.24) is 5.32 Å². The number of phenolic OH excluding ortho intramolecular Hbond substituents is 1.